The molecule has 0 radical (unpaired) electrons. The van der Waals surface area contributed by atoms with Crippen LogP contribution in [0.1, 0.15) is 15.9 Å². The number of rotatable bonds is 4. The molecule has 0 heterocycles. The first-order valence-corrected chi connectivity index (χ1v) is 6.13. The van der Waals surface area contributed by atoms with E-state index < -0.39 is 0 Å². The van der Waals surface area contributed by atoms with Crippen LogP contribution in [0.25, 0.3) is 6.08 Å². The molecule has 2 aromatic rings. The molecular weight excluding hydrogens is 257 g/mol. The number of hydrogen-bond donors (Lipinski definition) is 2. The maximum absolute atomic E-state index is 12.8. The first-order valence-electron chi connectivity index (χ1n) is 6.13. The van der Waals surface area contributed by atoms with E-state index in [0.717, 1.165) is 5.56 Å². The second-order valence-electron chi connectivity index (χ2n) is 4.17. The van der Waals surface area contributed by atoms with E-state index in [4.69, 9.17) is 5.11 Å². The van der Waals surface area contributed by atoms with E-state index in [0.29, 0.717) is 11.3 Å². The average Bonchev–Trinajstić information content (AvgIpc) is 2.46. The van der Waals surface area contributed by atoms with Crippen LogP contribution in [0.4, 0.5) is 10.1 Å². The second kappa shape index (κ2) is 6.63. The molecule has 0 unspecified atom stereocenters. The number of anilines is 1. The molecule has 0 aromatic heterocycles. The highest BCUT2D eigenvalue weighted by Gasteiger charge is 2.05. The fourth-order valence-corrected chi connectivity index (χ4v) is 1.71. The number of carbonyl (C=O) groups excluding carboxylic acids is 1. The Morgan fingerprint density at radius 2 is 1.95 bits per heavy atom. The van der Waals surface area contributed by atoms with Gasteiger partial charge in [0.15, 0.2) is 0 Å². The Hall–Kier alpha value is -2.46. The van der Waals surface area contributed by atoms with Crippen LogP contribution >= 0.6 is 0 Å². The van der Waals surface area contributed by atoms with E-state index in [1.807, 2.05) is 6.07 Å². The minimum Gasteiger partial charge on any atom is -0.392 e. The van der Waals surface area contributed by atoms with Gasteiger partial charge < -0.3 is 10.4 Å². The van der Waals surface area contributed by atoms with Crippen molar-refractivity contribution in [2.45, 2.75) is 0 Å². The van der Waals surface area contributed by atoms with Gasteiger partial charge in [-0.3, -0.25) is 4.79 Å². The van der Waals surface area contributed by atoms with Crippen LogP contribution in [-0.4, -0.2) is 17.6 Å². The third-order valence-electron chi connectivity index (χ3n) is 2.67. The van der Waals surface area contributed by atoms with Crippen molar-refractivity contribution in [1.82, 2.24) is 0 Å². The van der Waals surface area contributed by atoms with Gasteiger partial charge in [-0.1, -0.05) is 24.3 Å². The standard InChI is InChI=1S/C16H14FNO2/c17-14-8-6-13(7-9-14)16(20)18-15-5-1-3-12(11-15)4-2-10-19/h1-9,11,19H,10H2,(H,18,20). The number of hydrogen-bond acceptors (Lipinski definition) is 2. The maximum Gasteiger partial charge on any atom is 0.255 e. The predicted molar refractivity (Wildman–Crippen MR) is 76.9 cm³/mol. The molecular formula is C16H14FNO2. The minimum absolute atomic E-state index is 0.0355. The molecule has 2 rings (SSSR count). The van der Waals surface area contributed by atoms with Gasteiger partial charge in [-0.25, -0.2) is 4.39 Å². The van der Waals surface area contributed by atoms with E-state index in [-0.39, 0.29) is 18.3 Å². The lowest BCUT2D eigenvalue weighted by Gasteiger charge is -2.06. The Morgan fingerprint density at radius 1 is 1.20 bits per heavy atom. The highest BCUT2D eigenvalue weighted by molar-refractivity contribution is 6.04. The summed E-state index contributed by atoms with van der Waals surface area (Å²) < 4.78 is 12.8. The summed E-state index contributed by atoms with van der Waals surface area (Å²) >= 11 is 0. The minimum atomic E-state index is -0.377. The van der Waals surface area contributed by atoms with Crippen LogP contribution in [0, 0.1) is 5.82 Å². The van der Waals surface area contributed by atoms with Gasteiger partial charge >= 0.3 is 0 Å². The number of aliphatic hydroxyl groups excluding tert-OH is 1. The lowest BCUT2D eigenvalue weighted by molar-refractivity contribution is 0.102. The van der Waals surface area contributed by atoms with E-state index in [1.54, 1.807) is 30.4 Å². The lowest BCUT2D eigenvalue weighted by atomic mass is 10.1. The van der Waals surface area contributed by atoms with Crippen LogP contribution in [-0.2, 0) is 0 Å². The van der Waals surface area contributed by atoms with Gasteiger partial charge in [0.25, 0.3) is 5.91 Å². The largest absolute Gasteiger partial charge is 0.392 e. The number of carbonyl (C=O) groups is 1. The first-order chi connectivity index (χ1) is 9.69. The Balaban J connectivity index is 2.11. The fourth-order valence-electron chi connectivity index (χ4n) is 1.71. The van der Waals surface area contributed by atoms with Crippen LogP contribution in [0.5, 0.6) is 0 Å². The zero-order valence-electron chi connectivity index (χ0n) is 10.7. The molecule has 0 saturated heterocycles. The highest BCUT2D eigenvalue weighted by atomic mass is 19.1. The summed E-state index contributed by atoms with van der Waals surface area (Å²) in [6, 6.07) is 12.6. The van der Waals surface area contributed by atoms with E-state index in [1.165, 1.54) is 24.3 Å². The second-order valence-corrected chi connectivity index (χ2v) is 4.17. The fraction of sp³-hybridized carbons (Fsp3) is 0.0625. The van der Waals surface area contributed by atoms with E-state index >= 15 is 0 Å². The monoisotopic (exact) mass is 271 g/mol. The first kappa shape index (κ1) is 14.0. The smallest absolute Gasteiger partial charge is 0.255 e. The molecule has 4 heteroatoms. The normalized spacial score (nSPS) is 10.7. The van der Waals surface area contributed by atoms with Crippen molar-refractivity contribution in [3.63, 3.8) is 0 Å². The molecule has 0 aliphatic rings. The quantitative estimate of drug-likeness (QED) is 0.897. The molecule has 0 saturated carbocycles. The molecule has 0 bridgehead atoms. The van der Waals surface area contributed by atoms with Gasteiger partial charge in [0.1, 0.15) is 5.82 Å². The zero-order chi connectivity index (χ0) is 14.4. The topological polar surface area (TPSA) is 49.3 Å². The average molecular weight is 271 g/mol. The van der Waals surface area contributed by atoms with E-state index in [2.05, 4.69) is 5.32 Å². The van der Waals surface area contributed by atoms with Crippen molar-refractivity contribution in [2.24, 2.45) is 0 Å². The number of amides is 1. The lowest BCUT2D eigenvalue weighted by Crippen LogP contribution is -2.11. The van der Waals surface area contributed by atoms with Gasteiger partial charge in [0, 0.05) is 11.3 Å². The van der Waals surface area contributed by atoms with Crippen LogP contribution in [0.15, 0.2) is 54.6 Å². The van der Waals surface area contributed by atoms with Gasteiger partial charge in [-0.15, -0.1) is 0 Å². The van der Waals surface area contributed by atoms with Crippen molar-refractivity contribution < 1.29 is 14.3 Å². The number of nitrogens with one attached hydrogen (secondary N) is 1. The molecule has 0 aliphatic heterocycles. The Bertz CT molecular complexity index is 621. The molecule has 0 spiro atoms. The van der Waals surface area contributed by atoms with Crippen LogP contribution in [0.2, 0.25) is 0 Å². The molecule has 0 fully saturated rings. The third-order valence-corrected chi connectivity index (χ3v) is 2.67. The van der Waals surface area contributed by atoms with Crippen LogP contribution in [0.3, 0.4) is 0 Å². The van der Waals surface area contributed by atoms with E-state index in [9.17, 15) is 9.18 Å². The number of halogens is 1. The summed E-state index contributed by atoms with van der Waals surface area (Å²) in [5.74, 6) is -0.675. The summed E-state index contributed by atoms with van der Waals surface area (Å²) in [6.45, 7) is -0.0355. The Kier molecular flexibility index (Phi) is 4.63. The van der Waals surface area contributed by atoms with Crippen molar-refractivity contribution in [2.75, 3.05) is 11.9 Å². The highest BCUT2D eigenvalue weighted by Crippen LogP contribution is 2.13. The van der Waals surface area contributed by atoms with Crippen molar-refractivity contribution in [3.8, 4) is 0 Å². The zero-order valence-corrected chi connectivity index (χ0v) is 10.7. The Morgan fingerprint density at radius 3 is 2.65 bits per heavy atom. The maximum atomic E-state index is 12.8. The summed E-state index contributed by atoms with van der Waals surface area (Å²) in [4.78, 5) is 12.0. The molecule has 1 amide bonds. The molecule has 0 atom stereocenters. The van der Waals surface area contributed by atoms with Crippen LogP contribution < -0.4 is 5.32 Å². The molecule has 3 nitrogen and oxygen atoms in total. The Labute approximate surface area is 116 Å². The van der Waals surface area contributed by atoms with Gasteiger partial charge in [-0.2, -0.15) is 0 Å². The predicted octanol–water partition coefficient (Wildman–Crippen LogP) is 3.08. The van der Waals surface area contributed by atoms with Crippen molar-refractivity contribution in [3.05, 3.63) is 71.6 Å². The summed E-state index contributed by atoms with van der Waals surface area (Å²) in [5, 5.41) is 11.5. The summed E-state index contributed by atoms with van der Waals surface area (Å²) in [5.41, 5.74) is 1.90. The molecule has 2 aromatic carbocycles. The number of aliphatic hydroxyl groups is 1. The van der Waals surface area contributed by atoms with Gasteiger partial charge in [0.05, 0.1) is 6.61 Å². The third kappa shape index (κ3) is 3.76. The van der Waals surface area contributed by atoms with Gasteiger partial charge in [0.2, 0.25) is 0 Å². The number of benzene rings is 2. The summed E-state index contributed by atoms with van der Waals surface area (Å²) in [6.07, 6.45) is 3.37. The molecule has 102 valence electrons. The van der Waals surface area contributed by atoms with Crippen molar-refractivity contribution in [1.29, 1.82) is 0 Å². The SMILES string of the molecule is O=C(Nc1cccc(C=CCO)c1)c1ccc(F)cc1. The molecule has 0 aliphatic carbocycles. The van der Waals surface area contributed by atoms with Gasteiger partial charge in [-0.05, 0) is 42.0 Å². The summed E-state index contributed by atoms with van der Waals surface area (Å²) in [7, 11) is 0. The molecule has 2 N–H and O–H groups in total. The van der Waals surface area contributed by atoms with Crippen molar-refractivity contribution >= 4 is 17.7 Å². The molecule has 20 heavy (non-hydrogen) atoms.